The highest BCUT2D eigenvalue weighted by Crippen LogP contribution is 2.35. The standard InChI is InChI=1S/C19H33N5O7/c1-4-10(2)14(22)16(28)24(13(26)9-21)19(17(29)30,18(3,31)12(25)8-20)15(27)11-6-5-7-23-11/h10-11,14,23,31H,4-9,20-22H2,1-3H3,(H,29,30). The van der Waals surface area contributed by atoms with Crippen molar-refractivity contribution < 1.29 is 34.2 Å². The first-order valence-electron chi connectivity index (χ1n) is 10.1. The molecule has 12 heteroatoms. The molecule has 1 saturated heterocycles. The van der Waals surface area contributed by atoms with Crippen LogP contribution in [0.15, 0.2) is 0 Å². The largest absolute Gasteiger partial charge is 0.479 e. The number of carboxylic acid groups (broad SMARTS) is 1. The Balaban J connectivity index is 3.94. The number of amides is 2. The number of aliphatic carboxylic acids is 1. The van der Waals surface area contributed by atoms with Crippen LogP contribution >= 0.6 is 0 Å². The van der Waals surface area contributed by atoms with Gasteiger partial charge in [-0.15, -0.1) is 0 Å². The van der Waals surface area contributed by atoms with Crippen molar-refractivity contribution in [1.82, 2.24) is 10.2 Å². The molecule has 0 bridgehead atoms. The van der Waals surface area contributed by atoms with E-state index in [4.69, 9.17) is 17.2 Å². The summed E-state index contributed by atoms with van der Waals surface area (Å²) in [7, 11) is 0. The number of hydrogen-bond donors (Lipinski definition) is 6. The molecule has 12 nitrogen and oxygen atoms in total. The highest BCUT2D eigenvalue weighted by Gasteiger charge is 2.69. The summed E-state index contributed by atoms with van der Waals surface area (Å²) in [5, 5.41) is 24.2. The zero-order valence-corrected chi connectivity index (χ0v) is 18.1. The quantitative estimate of drug-likeness (QED) is 0.178. The van der Waals surface area contributed by atoms with E-state index in [9.17, 15) is 34.2 Å². The van der Waals surface area contributed by atoms with Crippen molar-refractivity contribution in [2.45, 2.75) is 63.3 Å². The Kier molecular flexibility index (Phi) is 8.96. The fourth-order valence-electron chi connectivity index (χ4n) is 3.75. The molecule has 1 rings (SSSR count). The summed E-state index contributed by atoms with van der Waals surface area (Å²) < 4.78 is 0. The van der Waals surface area contributed by atoms with Gasteiger partial charge in [-0.1, -0.05) is 20.3 Å². The van der Waals surface area contributed by atoms with Gasteiger partial charge < -0.3 is 32.7 Å². The van der Waals surface area contributed by atoms with Gasteiger partial charge in [0, 0.05) is 0 Å². The van der Waals surface area contributed by atoms with Crippen LogP contribution in [0, 0.1) is 5.92 Å². The number of carbonyl (C=O) groups excluding carboxylic acids is 4. The minimum atomic E-state index is -3.32. The van der Waals surface area contributed by atoms with E-state index in [0.29, 0.717) is 19.4 Å². The predicted molar refractivity (Wildman–Crippen MR) is 109 cm³/mol. The van der Waals surface area contributed by atoms with Gasteiger partial charge in [-0.3, -0.25) is 24.1 Å². The molecule has 5 atom stereocenters. The second kappa shape index (κ2) is 10.4. The first-order chi connectivity index (χ1) is 14.4. The summed E-state index contributed by atoms with van der Waals surface area (Å²) in [5.41, 5.74) is 10.4. The van der Waals surface area contributed by atoms with Gasteiger partial charge in [-0.2, -0.15) is 0 Å². The second-order valence-corrected chi connectivity index (χ2v) is 7.91. The van der Waals surface area contributed by atoms with Gasteiger partial charge in [0.2, 0.25) is 17.4 Å². The number of nitrogens with zero attached hydrogens (tertiary/aromatic N) is 1. The first-order valence-corrected chi connectivity index (χ1v) is 10.1. The van der Waals surface area contributed by atoms with E-state index >= 15 is 0 Å². The van der Waals surface area contributed by atoms with E-state index < -0.39 is 71.6 Å². The number of rotatable bonds is 11. The van der Waals surface area contributed by atoms with Crippen LogP contribution < -0.4 is 22.5 Å². The van der Waals surface area contributed by atoms with Crippen molar-refractivity contribution in [3.63, 3.8) is 0 Å². The fraction of sp³-hybridized carbons (Fsp3) is 0.737. The van der Waals surface area contributed by atoms with Crippen LogP contribution in [0.3, 0.4) is 0 Å². The first kappa shape index (κ1) is 26.8. The lowest BCUT2D eigenvalue weighted by atomic mass is 9.70. The highest BCUT2D eigenvalue weighted by molar-refractivity contribution is 6.22. The third kappa shape index (κ3) is 4.53. The van der Waals surface area contributed by atoms with E-state index in [1.54, 1.807) is 13.8 Å². The van der Waals surface area contributed by atoms with E-state index in [0.717, 1.165) is 6.92 Å². The zero-order valence-electron chi connectivity index (χ0n) is 18.1. The van der Waals surface area contributed by atoms with E-state index in [2.05, 4.69) is 5.32 Å². The molecule has 1 aliphatic heterocycles. The van der Waals surface area contributed by atoms with Crippen LogP contribution in [-0.4, -0.2) is 87.3 Å². The molecule has 176 valence electrons. The predicted octanol–water partition coefficient (Wildman–Crippen LogP) is -2.90. The molecular weight excluding hydrogens is 410 g/mol. The van der Waals surface area contributed by atoms with Crippen LogP contribution in [0.5, 0.6) is 0 Å². The lowest BCUT2D eigenvalue weighted by molar-refractivity contribution is -0.191. The van der Waals surface area contributed by atoms with Crippen LogP contribution in [-0.2, 0) is 24.0 Å². The number of imide groups is 1. The molecule has 0 spiro atoms. The second-order valence-electron chi connectivity index (χ2n) is 7.91. The molecule has 0 aliphatic carbocycles. The Morgan fingerprint density at radius 1 is 1.19 bits per heavy atom. The fourth-order valence-corrected chi connectivity index (χ4v) is 3.75. The zero-order chi connectivity index (χ0) is 24.1. The van der Waals surface area contributed by atoms with Crippen molar-refractivity contribution in [3.05, 3.63) is 0 Å². The topological polar surface area (TPSA) is 219 Å². The lowest BCUT2D eigenvalue weighted by Gasteiger charge is -2.47. The third-order valence-corrected chi connectivity index (χ3v) is 6.00. The number of Topliss-reactive ketones (excluding diaryl/α,β-unsaturated/α-hetero) is 2. The summed E-state index contributed by atoms with van der Waals surface area (Å²) in [5.74, 6) is -7.56. The molecule has 0 saturated carbocycles. The molecule has 1 fully saturated rings. The van der Waals surface area contributed by atoms with Gasteiger partial charge in [0.15, 0.2) is 17.2 Å². The number of ketones is 2. The molecule has 1 heterocycles. The third-order valence-electron chi connectivity index (χ3n) is 6.00. The molecule has 1 aliphatic rings. The maximum Gasteiger partial charge on any atom is 0.341 e. The lowest BCUT2D eigenvalue weighted by Crippen LogP contribution is -2.80. The Hall–Kier alpha value is -2.25. The maximum atomic E-state index is 13.6. The van der Waals surface area contributed by atoms with Gasteiger partial charge in [0.05, 0.1) is 25.2 Å². The van der Waals surface area contributed by atoms with Crippen molar-refractivity contribution in [1.29, 1.82) is 0 Å². The summed E-state index contributed by atoms with van der Waals surface area (Å²) in [6.45, 7) is 2.72. The molecule has 0 aromatic rings. The molecule has 0 aromatic carbocycles. The minimum Gasteiger partial charge on any atom is -0.479 e. The Morgan fingerprint density at radius 3 is 2.16 bits per heavy atom. The summed E-state index contributed by atoms with van der Waals surface area (Å²) in [6, 6.07) is -2.53. The van der Waals surface area contributed by atoms with Crippen LogP contribution in [0.2, 0.25) is 0 Å². The van der Waals surface area contributed by atoms with Crippen LogP contribution in [0.4, 0.5) is 0 Å². The molecule has 31 heavy (non-hydrogen) atoms. The highest BCUT2D eigenvalue weighted by atomic mass is 16.4. The van der Waals surface area contributed by atoms with E-state index in [1.165, 1.54) is 0 Å². The molecule has 0 aromatic heterocycles. The monoisotopic (exact) mass is 443 g/mol. The van der Waals surface area contributed by atoms with Gasteiger partial charge in [-0.05, 0) is 32.2 Å². The SMILES string of the molecule is CCC(C)C(N)C(=O)N(C(=O)CN)C(C(=O)O)(C(=O)C1CCCN1)C(C)(O)C(=O)CN. The van der Waals surface area contributed by atoms with Gasteiger partial charge >= 0.3 is 5.97 Å². The Morgan fingerprint density at radius 2 is 1.77 bits per heavy atom. The normalized spacial score (nSPS) is 22.0. The average molecular weight is 444 g/mol. The Bertz CT molecular complexity index is 735. The van der Waals surface area contributed by atoms with E-state index in [-0.39, 0.29) is 11.3 Å². The average Bonchev–Trinajstić information content (AvgIpc) is 3.28. The minimum absolute atomic E-state index is 0.0715. The van der Waals surface area contributed by atoms with Crippen LogP contribution in [0.1, 0.15) is 40.0 Å². The molecule has 5 unspecified atom stereocenters. The number of carbonyl (C=O) groups is 5. The molecule has 2 amide bonds. The number of aliphatic hydroxyl groups is 1. The van der Waals surface area contributed by atoms with Crippen molar-refractivity contribution >= 4 is 29.4 Å². The number of nitrogens with two attached hydrogens (primary N) is 3. The summed E-state index contributed by atoms with van der Waals surface area (Å²) in [4.78, 5) is 65.1. The van der Waals surface area contributed by atoms with Gasteiger partial charge in [0.25, 0.3) is 0 Å². The Labute approximate surface area is 180 Å². The van der Waals surface area contributed by atoms with Crippen molar-refractivity contribution in [3.8, 4) is 0 Å². The number of nitrogens with one attached hydrogen (secondary N) is 1. The maximum absolute atomic E-state index is 13.6. The number of carboxylic acids is 1. The van der Waals surface area contributed by atoms with Crippen LogP contribution in [0.25, 0.3) is 0 Å². The van der Waals surface area contributed by atoms with Gasteiger partial charge in [-0.25, -0.2) is 4.79 Å². The van der Waals surface area contributed by atoms with Crippen molar-refractivity contribution in [2.75, 3.05) is 19.6 Å². The summed E-state index contributed by atoms with van der Waals surface area (Å²) in [6.07, 6.45) is 1.08. The summed E-state index contributed by atoms with van der Waals surface area (Å²) >= 11 is 0. The van der Waals surface area contributed by atoms with E-state index in [1.807, 2.05) is 0 Å². The molecule has 0 radical (unpaired) electrons. The molecular formula is C19H33N5O7. The van der Waals surface area contributed by atoms with Gasteiger partial charge in [0.1, 0.15) is 0 Å². The number of hydrogen-bond acceptors (Lipinski definition) is 10. The van der Waals surface area contributed by atoms with Crippen molar-refractivity contribution in [2.24, 2.45) is 23.1 Å². The smallest absolute Gasteiger partial charge is 0.341 e. The molecule has 9 N–H and O–H groups in total.